The first-order chi connectivity index (χ1) is 7.22. The van der Waals surface area contributed by atoms with Gasteiger partial charge in [-0.25, -0.2) is 0 Å². The Morgan fingerprint density at radius 1 is 1.20 bits per heavy atom. The molecule has 0 aliphatic rings. The van der Waals surface area contributed by atoms with Crippen LogP contribution >= 0.6 is 0 Å². The summed E-state index contributed by atoms with van der Waals surface area (Å²) >= 11 is 0. The van der Waals surface area contributed by atoms with Crippen LogP contribution in [0.5, 0.6) is 0 Å². The lowest BCUT2D eigenvalue weighted by molar-refractivity contribution is -0.115. The van der Waals surface area contributed by atoms with Crippen molar-refractivity contribution in [2.75, 3.05) is 5.32 Å². The molecule has 0 aliphatic heterocycles. The smallest absolute Gasteiger partial charge is 0.224 e. The van der Waals surface area contributed by atoms with Crippen molar-refractivity contribution >= 4 is 11.6 Å². The summed E-state index contributed by atoms with van der Waals surface area (Å²) in [5.74, 6) is 0.0814. The summed E-state index contributed by atoms with van der Waals surface area (Å²) in [6, 6.07) is 6.11. The van der Waals surface area contributed by atoms with Gasteiger partial charge in [-0.3, -0.25) is 4.79 Å². The number of hydrogen-bond acceptors (Lipinski definition) is 1. The Labute approximate surface area is 91.7 Å². The highest BCUT2D eigenvalue weighted by Crippen LogP contribution is 2.21. The largest absolute Gasteiger partial charge is 0.326 e. The molecule has 1 aromatic rings. The first kappa shape index (κ1) is 11.8. The van der Waals surface area contributed by atoms with Crippen molar-refractivity contribution in [3.8, 4) is 0 Å². The molecule has 1 aromatic carbocycles. The molecule has 0 heterocycles. The Bertz CT molecular complexity index is 344. The molecule has 0 fully saturated rings. The standard InChI is InChI=1S/C13H19NO/c1-4-10-8-7-9-12(11(10)5-2)14-13(15)6-3/h7-9H,4-6H2,1-3H3,(H,14,15). The Morgan fingerprint density at radius 2 is 1.93 bits per heavy atom. The van der Waals surface area contributed by atoms with E-state index in [0.717, 1.165) is 18.5 Å². The SMILES string of the molecule is CCC(=O)Nc1cccc(CC)c1CC. The van der Waals surface area contributed by atoms with Gasteiger partial charge in [0.15, 0.2) is 0 Å². The molecule has 0 aromatic heterocycles. The highest BCUT2D eigenvalue weighted by Gasteiger charge is 2.07. The molecular weight excluding hydrogens is 186 g/mol. The summed E-state index contributed by atoms with van der Waals surface area (Å²) < 4.78 is 0. The molecule has 1 rings (SSSR count). The second-order valence-electron chi connectivity index (χ2n) is 3.55. The van der Waals surface area contributed by atoms with Crippen molar-refractivity contribution in [3.63, 3.8) is 0 Å². The number of anilines is 1. The minimum Gasteiger partial charge on any atom is -0.326 e. The number of nitrogens with one attached hydrogen (secondary N) is 1. The molecular formula is C13H19NO. The Hall–Kier alpha value is -1.31. The quantitative estimate of drug-likeness (QED) is 0.803. The summed E-state index contributed by atoms with van der Waals surface area (Å²) in [6.45, 7) is 6.13. The number of hydrogen-bond donors (Lipinski definition) is 1. The van der Waals surface area contributed by atoms with Crippen molar-refractivity contribution in [2.24, 2.45) is 0 Å². The number of carbonyl (C=O) groups excluding carboxylic acids is 1. The second kappa shape index (κ2) is 5.54. The third kappa shape index (κ3) is 2.82. The van der Waals surface area contributed by atoms with Gasteiger partial charge in [0.1, 0.15) is 0 Å². The number of amides is 1. The maximum atomic E-state index is 11.3. The van der Waals surface area contributed by atoms with Crippen LogP contribution in [0.1, 0.15) is 38.3 Å². The highest BCUT2D eigenvalue weighted by atomic mass is 16.1. The van der Waals surface area contributed by atoms with Gasteiger partial charge in [0, 0.05) is 12.1 Å². The predicted octanol–water partition coefficient (Wildman–Crippen LogP) is 3.16. The first-order valence-corrected chi connectivity index (χ1v) is 5.63. The molecule has 0 saturated heterocycles. The van der Waals surface area contributed by atoms with Crippen LogP contribution in [0.4, 0.5) is 5.69 Å². The highest BCUT2D eigenvalue weighted by molar-refractivity contribution is 5.91. The molecule has 0 unspecified atom stereocenters. The molecule has 2 heteroatoms. The predicted molar refractivity (Wildman–Crippen MR) is 64.1 cm³/mol. The van der Waals surface area contributed by atoms with Crippen LogP contribution in [0.2, 0.25) is 0 Å². The van der Waals surface area contributed by atoms with Gasteiger partial charge in [-0.15, -0.1) is 0 Å². The number of rotatable bonds is 4. The van der Waals surface area contributed by atoms with Crippen LogP contribution in [0.15, 0.2) is 18.2 Å². The molecule has 0 spiro atoms. The zero-order valence-corrected chi connectivity index (χ0v) is 9.76. The van der Waals surface area contributed by atoms with Crippen molar-refractivity contribution in [1.82, 2.24) is 0 Å². The first-order valence-electron chi connectivity index (χ1n) is 5.63. The maximum Gasteiger partial charge on any atom is 0.224 e. The average molecular weight is 205 g/mol. The van der Waals surface area contributed by atoms with Crippen LogP contribution in [0.3, 0.4) is 0 Å². The molecule has 2 nitrogen and oxygen atoms in total. The lowest BCUT2D eigenvalue weighted by Crippen LogP contribution is -2.12. The van der Waals surface area contributed by atoms with E-state index in [4.69, 9.17) is 0 Å². The summed E-state index contributed by atoms with van der Waals surface area (Å²) in [5.41, 5.74) is 3.57. The number of carbonyl (C=O) groups is 1. The molecule has 0 radical (unpaired) electrons. The normalized spacial score (nSPS) is 10.1. The second-order valence-corrected chi connectivity index (χ2v) is 3.55. The lowest BCUT2D eigenvalue weighted by atomic mass is 10.0. The zero-order valence-electron chi connectivity index (χ0n) is 9.76. The van der Waals surface area contributed by atoms with Crippen molar-refractivity contribution in [1.29, 1.82) is 0 Å². The van der Waals surface area contributed by atoms with E-state index in [9.17, 15) is 4.79 Å². The zero-order chi connectivity index (χ0) is 11.3. The average Bonchev–Trinajstić information content (AvgIpc) is 2.28. The molecule has 1 N–H and O–H groups in total. The monoisotopic (exact) mass is 205 g/mol. The minimum absolute atomic E-state index is 0.0814. The van der Waals surface area contributed by atoms with Crippen molar-refractivity contribution in [2.45, 2.75) is 40.0 Å². The fourth-order valence-corrected chi connectivity index (χ4v) is 1.74. The van der Waals surface area contributed by atoms with Gasteiger partial charge in [-0.05, 0) is 30.0 Å². The fraction of sp³-hybridized carbons (Fsp3) is 0.462. The molecule has 0 atom stereocenters. The number of benzene rings is 1. The molecule has 0 saturated carbocycles. The minimum atomic E-state index is 0.0814. The summed E-state index contributed by atoms with van der Waals surface area (Å²) in [4.78, 5) is 11.3. The van der Waals surface area contributed by atoms with E-state index >= 15 is 0 Å². The van der Waals surface area contributed by atoms with Gasteiger partial charge < -0.3 is 5.32 Å². The van der Waals surface area contributed by atoms with E-state index in [0.29, 0.717) is 6.42 Å². The van der Waals surface area contributed by atoms with Crippen LogP contribution in [-0.4, -0.2) is 5.91 Å². The molecule has 82 valence electrons. The summed E-state index contributed by atoms with van der Waals surface area (Å²) in [5, 5.41) is 2.95. The van der Waals surface area contributed by atoms with E-state index in [2.05, 4.69) is 25.2 Å². The molecule has 15 heavy (non-hydrogen) atoms. The Balaban J connectivity index is 3.00. The van der Waals surface area contributed by atoms with E-state index in [-0.39, 0.29) is 5.91 Å². The Kier molecular flexibility index (Phi) is 4.35. The van der Waals surface area contributed by atoms with Crippen LogP contribution < -0.4 is 5.32 Å². The fourth-order valence-electron chi connectivity index (χ4n) is 1.74. The lowest BCUT2D eigenvalue weighted by Gasteiger charge is -2.12. The molecule has 0 aliphatic carbocycles. The van der Waals surface area contributed by atoms with Crippen molar-refractivity contribution < 1.29 is 4.79 Å². The third-order valence-corrected chi connectivity index (χ3v) is 2.60. The summed E-state index contributed by atoms with van der Waals surface area (Å²) in [7, 11) is 0. The molecule has 1 amide bonds. The van der Waals surface area contributed by atoms with Crippen LogP contribution in [0.25, 0.3) is 0 Å². The van der Waals surface area contributed by atoms with Gasteiger partial charge >= 0.3 is 0 Å². The van der Waals surface area contributed by atoms with Crippen molar-refractivity contribution in [3.05, 3.63) is 29.3 Å². The van der Waals surface area contributed by atoms with Gasteiger partial charge in [0.25, 0.3) is 0 Å². The van der Waals surface area contributed by atoms with E-state index in [1.807, 2.05) is 19.1 Å². The van der Waals surface area contributed by atoms with Gasteiger partial charge in [-0.1, -0.05) is 32.9 Å². The maximum absolute atomic E-state index is 11.3. The van der Waals surface area contributed by atoms with E-state index in [1.54, 1.807) is 0 Å². The summed E-state index contributed by atoms with van der Waals surface area (Å²) in [6.07, 6.45) is 2.50. The van der Waals surface area contributed by atoms with E-state index in [1.165, 1.54) is 11.1 Å². The van der Waals surface area contributed by atoms with E-state index < -0.39 is 0 Å². The third-order valence-electron chi connectivity index (χ3n) is 2.60. The van der Waals surface area contributed by atoms with Crippen LogP contribution in [0, 0.1) is 0 Å². The topological polar surface area (TPSA) is 29.1 Å². The number of aryl methyl sites for hydroxylation is 1. The van der Waals surface area contributed by atoms with Crippen LogP contribution in [-0.2, 0) is 17.6 Å². The Morgan fingerprint density at radius 3 is 2.47 bits per heavy atom. The molecule has 0 bridgehead atoms. The van der Waals surface area contributed by atoms with Gasteiger partial charge in [-0.2, -0.15) is 0 Å². The van der Waals surface area contributed by atoms with Gasteiger partial charge in [0.05, 0.1) is 0 Å². The van der Waals surface area contributed by atoms with Gasteiger partial charge in [0.2, 0.25) is 5.91 Å².